The first kappa shape index (κ1) is 14.7. The quantitative estimate of drug-likeness (QED) is 0.861. The molecular formula is C18H19FN2O. The first-order valence-corrected chi connectivity index (χ1v) is 7.52. The van der Waals surface area contributed by atoms with Crippen LogP contribution in [0.1, 0.15) is 40.4 Å². The molecule has 3 nitrogen and oxygen atoms in total. The number of amides is 1. The van der Waals surface area contributed by atoms with Gasteiger partial charge in [-0.1, -0.05) is 30.3 Å². The Morgan fingerprint density at radius 3 is 2.68 bits per heavy atom. The highest BCUT2D eigenvalue weighted by Crippen LogP contribution is 2.31. The summed E-state index contributed by atoms with van der Waals surface area (Å²) in [5.41, 5.74) is 7.22. The number of primary amides is 1. The van der Waals surface area contributed by atoms with Crippen molar-refractivity contribution in [3.8, 4) is 0 Å². The summed E-state index contributed by atoms with van der Waals surface area (Å²) < 4.78 is 14.2. The fraction of sp³-hybridized carbons (Fsp3) is 0.278. The van der Waals surface area contributed by atoms with Crippen molar-refractivity contribution in [1.82, 2.24) is 5.32 Å². The Kier molecular flexibility index (Phi) is 4.20. The number of benzene rings is 2. The lowest BCUT2D eigenvalue weighted by molar-refractivity contribution is 0.1000. The van der Waals surface area contributed by atoms with E-state index in [1.165, 1.54) is 18.9 Å². The molecule has 2 aromatic carbocycles. The highest BCUT2D eigenvalue weighted by molar-refractivity contribution is 5.92. The molecule has 0 aliphatic heterocycles. The maximum absolute atomic E-state index is 14.2. The third kappa shape index (κ3) is 3.34. The van der Waals surface area contributed by atoms with Gasteiger partial charge in [-0.25, -0.2) is 4.39 Å². The molecular weight excluding hydrogens is 279 g/mol. The van der Waals surface area contributed by atoms with Crippen LogP contribution in [0.5, 0.6) is 0 Å². The summed E-state index contributed by atoms with van der Waals surface area (Å²) in [6.07, 6.45) is 2.44. The molecule has 3 N–H and O–H groups in total. The molecule has 1 unspecified atom stereocenters. The lowest BCUT2D eigenvalue weighted by Gasteiger charge is -2.21. The van der Waals surface area contributed by atoms with Crippen LogP contribution in [0.25, 0.3) is 0 Å². The van der Waals surface area contributed by atoms with E-state index >= 15 is 0 Å². The predicted octanol–water partition coefficient (Wildman–Crippen LogP) is 3.01. The second-order valence-corrected chi connectivity index (χ2v) is 5.80. The van der Waals surface area contributed by atoms with Crippen molar-refractivity contribution >= 4 is 5.91 Å². The van der Waals surface area contributed by atoms with Gasteiger partial charge in [-0.15, -0.1) is 0 Å². The minimum atomic E-state index is -0.476. The van der Waals surface area contributed by atoms with Gasteiger partial charge in [0.2, 0.25) is 5.91 Å². The van der Waals surface area contributed by atoms with Crippen LogP contribution in [-0.2, 0) is 0 Å². The molecule has 1 aliphatic rings. The van der Waals surface area contributed by atoms with E-state index in [1.807, 2.05) is 12.1 Å². The number of halogens is 1. The van der Waals surface area contributed by atoms with Crippen molar-refractivity contribution in [2.75, 3.05) is 6.54 Å². The predicted molar refractivity (Wildman–Crippen MR) is 83.9 cm³/mol. The number of carbonyl (C=O) groups is 1. The Morgan fingerprint density at radius 1 is 1.23 bits per heavy atom. The molecule has 3 rings (SSSR count). The summed E-state index contributed by atoms with van der Waals surface area (Å²) in [7, 11) is 0. The van der Waals surface area contributed by atoms with E-state index in [9.17, 15) is 9.18 Å². The Balaban J connectivity index is 1.95. The molecule has 0 bridgehead atoms. The average molecular weight is 298 g/mol. The average Bonchev–Trinajstić information content (AvgIpc) is 3.34. The first-order chi connectivity index (χ1) is 10.6. The van der Waals surface area contributed by atoms with Gasteiger partial charge in [0.25, 0.3) is 0 Å². The highest BCUT2D eigenvalue weighted by Gasteiger charge is 2.24. The Morgan fingerprint density at radius 2 is 2.00 bits per heavy atom. The number of nitrogens with two attached hydrogens (primary N) is 1. The molecule has 2 aromatic rings. The standard InChI is InChI=1S/C18H19FN2O/c19-16-7-2-1-6-15(16)17(21-11-12-8-9-12)13-4-3-5-14(10-13)18(20)22/h1-7,10,12,17,21H,8-9,11H2,(H2,20,22). The summed E-state index contributed by atoms with van der Waals surface area (Å²) in [5.74, 6) is -0.0507. The van der Waals surface area contributed by atoms with Gasteiger partial charge in [0.05, 0.1) is 6.04 Å². The molecule has 22 heavy (non-hydrogen) atoms. The van der Waals surface area contributed by atoms with Crippen LogP contribution in [0, 0.1) is 11.7 Å². The van der Waals surface area contributed by atoms with Crippen LogP contribution in [-0.4, -0.2) is 12.5 Å². The topological polar surface area (TPSA) is 55.1 Å². The third-order valence-corrected chi connectivity index (χ3v) is 4.03. The Bertz CT molecular complexity index is 682. The lowest BCUT2D eigenvalue weighted by atomic mass is 9.96. The van der Waals surface area contributed by atoms with Crippen LogP contribution in [0.4, 0.5) is 4.39 Å². The first-order valence-electron chi connectivity index (χ1n) is 7.52. The lowest BCUT2D eigenvalue weighted by Crippen LogP contribution is -2.26. The summed E-state index contributed by atoms with van der Waals surface area (Å²) in [5, 5.41) is 3.43. The van der Waals surface area contributed by atoms with E-state index in [4.69, 9.17) is 5.73 Å². The largest absolute Gasteiger partial charge is 0.366 e. The fourth-order valence-electron chi connectivity index (χ4n) is 2.59. The van der Waals surface area contributed by atoms with E-state index in [0.29, 0.717) is 17.0 Å². The van der Waals surface area contributed by atoms with Gasteiger partial charge in [0, 0.05) is 11.1 Å². The SMILES string of the molecule is NC(=O)c1cccc(C(NCC2CC2)c2ccccc2F)c1. The van der Waals surface area contributed by atoms with Crippen molar-refractivity contribution in [2.45, 2.75) is 18.9 Å². The van der Waals surface area contributed by atoms with Gasteiger partial charge >= 0.3 is 0 Å². The van der Waals surface area contributed by atoms with Crippen LogP contribution in [0.15, 0.2) is 48.5 Å². The monoisotopic (exact) mass is 298 g/mol. The molecule has 0 spiro atoms. The zero-order chi connectivity index (χ0) is 15.5. The molecule has 4 heteroatoms. The molecule has 0 saturated heterocycles. The zero-order valence-electron chi connectivity index (χ0n) is 12.3. The van der Waals surface area contributed by atoms with E-state index in [2.05, 4.69) is 5.32 Å². The molecule has 0 heterocycles. The fourth-order valence-corrected chi connectivity index (χ4v) is 2.59. The number of hydrogen-bond donors (Lipinski definition) is 2. The van der Waals surface area contributed by atoms with Gasteiger partial charge in [-0.3, -0.25) is 4.79 Å². The Hall–Kier alpha value is -2.20. The van der Waals surface area contributed by atoms with Gasteiger partial charge in [-0.2, -0.15) is 0 Å². The summed E-state index contributed by atoms with van der Waals surface area (Å²) in [4.78, 5) is 11.4. The van der Waals surface area contributed by atoms with E-state index in [1.54, 1.807) is 30.3 Å². The van der Waals surface area contributed by atoms with Gasteiger partial charge in [0.15, 0.2) is 0 Å². The number of carbonyl (C=O) groups excluding carboxylic acids is 1. The smallest absolute Gasteiger partial charge is 0.248 e. The number of nitrogens with one attached hydrogen (secondary N) is 1. The molecule has 1 aliphatic carbocycles. The van der Waals surface area contributed by atoms with E-state index < -0.39 is 5.91 Å². The molecule has 1 amide bonds. The molecule has 1 saturated carbocycles. The van der Waals surface area contributed by atoms with Gasteiger partial charge in [-0.05, 0) is 49.1 Å². The van der Waals surface area contributed by atoms with Crippen molar-refractivity contribution in [2.24, 2.45) is 11.7 Å². The zero-order valence-corrected chi connectivity index (χ0v) is 12.3. The molecule has 1 atom stereocenters. The van der Waals surface area contributed by atoms with E-state index in [0.717, 1.165) is 12.1 Å². The number of rotatable bonds is 6. The minimum Gasteiger partial charge on any atom is -0.366 e. The van der Waals surface area contributed by atoms with Gasteiger partial charge < -0.3 is 11.1 Å². The van der Waals surface area contributed by atoms with Crippen LogP contribution >= 0.6 is 0 Å². The maximum Gasteiger partial charge on any atom is 0.248 e. The summed E-state index contributed by atoms with van der Waals surface area (Å²) in [6.45, 7) is 0.847. The van der Waals surface area contributed by atoms with Crippen molar-refractivity contribution in [3.05, 3.63) is 71.0 Å². The normalized spacial score (nSPS) is 15.5. The maximum atomic E-state index is 14.2. The molecule has 114 valence electrons. The van der Waals surface area contributed by atoms with Crippen LogP contribution < -0.4 is 11.1 Å². The highest BCUT2D eigenvalue weighted by atomic mass is 19.1. The third-order valence-electron chi connectivity index (χ3n) is 4.03. The van der Waals surface area contributed by atoms with Crippen LogP contribution in [0.2, 0.25) is 0 Å². The second-order valence-electron chi connectivity index (χ2n) is 5.80. The Labute approximate surface area is 129 Å². The number of hydrogen-bond acceptors (Lipinski definition) is 2. The minimum absolute atomic E-state index is 0.250. The summed E-state index contributed by atoms with van der Waals surface area (Å²) in [6, 6.07) is 13.5. The molecule has 1 fully saturated rings. The molecule has 0 aromatic heterocycles. The van der Waals surface area contributed by atoms with Crippen molar-refractivity contribution in [3.63, 3.8) is 0 Å². The summed E-state index contributed by atoms with van der Waals surface area (Å²) >= 11 is 0. The molecule has 0 radical (unpaired) electrons. The van der Waals surface area contributed by atoms with Crippen molar-refractivity contribution < 1.29 is 9.18 Å². The van der Waals surface area contributed by atoms with Crippen molar-refractivity contribution in [1.29, 1.82) is 0 Å². The van der Waals surface area contributed by atoms with E-state index in [-0.39, 0.29) is 11.9 Å². The van der Waals surface area contributed by atoms with Gasteiger partial charge in [0.1, 0.15) is 5.82 Å². The second kappa shape index (κ2) is 6.28. The van der Waals surface area contributed by atoms with Crippen LogP contribution in [0.3, 0.4) is 0 Å².